The summed E-state index contributed by atoms with van der Waals surface area (Å²) in [5, 5.41) is 0. The second-order valence-corrected chi connectivity index (χ2v) is 4.41. The summed E-state index contributed by atoms with van der Waals surface area (Å²) in [6.45, 7) is 5.58. The summed E-state index contributed by atoms with van der Waals surface area (Å²) < 4.78 is 18.9. The van der Waals surface area contributed by atoms with Crippen LogP contribution in [0, 0.1) is 5.82 Å². The molecule has 2 N–H and O–H groups in total. The van der Waals surface area contributed by atoms with Crippen molar-refractivity contribution in [3.63, 3.8) is 0 Å². The molecule has 2 rings (SSSR count). The van der Waals surface area contributed by atoms with Crippen molar-refractivity contribution >= 4 is 11.4 Å². The summed E-state index contributed by atoms with van der Waals surface area (Å²) in [5.41, 5.74) is 6.93. The van der Waals surface area contributed by atoms with Gasteiger partial charge in [-0.25, -0.2) is 4.39 Å². The summed E-state index contributed by atoms with van der Waals surface area (Å²) in [5.74, 6) is -0.290. The molecule has 2 atom stereocenters. The Labute approximate surface area is 95.0 Å². The van der Waals surface area contributed by atoms with Gasteiger partial charge in [0.1, 0.15) is 5.82 Å². The number of benzene rings is 1. The molecule has 1 aliphatic heterocycles. The molecule has 88 valence electrons. The average molecular weight is 224 g/mol. The molecular formula is C12H17FN2O. The average Bonchev–Trinajstić information content (AvgIpc) is 2.14. The van der Waals surface area contributed by atoms with Crippen LogP contribution in [-0.2, 0) is 4.74 Å². The molecule has 0 aliphatic carbocycles. The first kappa shape index (κ1) is 11.2. The number of hydrogen-bond acceptors (Lipinski definition) is 3. The van der Waals surface area contributed by atoms with Crippen molar-refractivity contribution in [1.82, 2.24) is 0 Å². The third-order valence-electron chi connectivity index (χ3n) is 2.69. The number of nitrogen functional groups attached to an aromatic ring is 1. The molecule has 0 unspecified atom stereocenters. The number of ether oxygens (including phenoxy) is 1. The molecule has 1 saturated heterocycles. The maximum Gasteiger partial charge on any atom is 0.127 e. The van der Waals surface area contributed by atoms with Crippen molar-refractivity contribution in [3.05, 3.63) is 24.0 Å². The van der Waals surface area contributed by atoms with Crippen LogP contribution in [0.3, 0.4) is 0 Å². The van der Waals surface area contributed by atoms with Crippen LogP contribution in [0.25, 0.3) is 0 Å². The molecule has 0 saturated carbocycles. The van der Waals surface area contributed by atoms with E-state index in [1.807, 2.05) is 13.8 Å². The smallest absolute Gasteiger partial charge is 0.127 e. The van der Waals surface area contributed by atoms with Gasteiger partial charge in [0.15, 0.2) is 0 Å². The van der Waals surface area contributed by atoms with Crippen LogP contribution >= 0.6 is 0 Å². The lowest BCUT2D eigenvalue weighted by atomic mass is 10.2. The Bertz CT molecular complexity index is 353. The molecular weight excluding hydrogens is 207 g/mol. The molecule has 16 heavy (non-hydrogen) atoms. The SMILES string of the molecule is C[C@@H]1CN(c2cc(N)cc(F)c2)C[C@H](C)O1. The first-order chi connectivity index (χ1) is 7.54. The van der Waals surface area contributed by atoms with Crippen LogP contribution in [0.2, 0.25) is 0 Å². The van der Waals surface area contributed by atoms with E-state index in [1.54, 1.807) is 6.07 Å². The highest BCUT2D eigenvalue weighted by Crippen LogP contribution is 2.23. The van der Waals surface area contributed by atoms with E-state index in [4.69, 9.17) is 10.5 Å². The molecule has 1 aromatic carbocycles. The minimum Gasteiger partial charge on any atom is -0.399 e. The van der Waals surface area contributed by atoms with Gasteiger partial charge in [0.05, 0.1) is 12.2 Å². The Morgan fingerprint density at radius 2 is 1.88 bits per heavy atom. The van der Waals surface area contributed by atoms with Gasteiger partial charge in [-0.15, -0.1) is 0 Å². The van der Waals surface area contributed by atoms with Crippen LogP contribution in [-0.4, -0.2) is 25.3 Å². The van der Waals surface area contributed by atoms with Crippen LogP contribution in [0.5, 0.6) is 0 Å². The highest BCUT2D eigenvalue weighted by Gasteiger charge is 2.22. The van der Waals surface area contributed by atoms with Crippen molar-refractivity contribution in [2.24, 2.45) is 0 Å². The number of morpholine rings is 1. The molecule has 0 radical (unpaired) electrons. The van der Waals surface area contributed by atoms with Gasteiger partial charge in [0, 0.05) is 24.5 Å². The standard InChI is InChI=1S/C12H17FN2O/c1-8-6-15(7-9(2)16-8)12-4-10(13)3-11(14)5-12/h3-5,8-9H,6-7,14H2,1-2H3/t8-,9+. The molecule has 1 heterocycles. The third kappa shape index (κ3) is 2.44. The number of rotatable bonds is 1. The van der Waals surface area contributed by atoms with Crippen LogP contribution in [0.15, 0.2) is 18.2 Å². The van der Waals surface area contributed by atoms with Crippen molar-refractivity contribution in [2.45, 2.75) is 26.1 Å². The van der Waals surface area contributed by atoms with E-state index >= 15 is 0 Å². The largest absolute Gasteiger partial charge is 0.399 e. The van der Waals surface area contributed by atoms with E-state index < -0.39 is 0 Å². The summed E-state index contributed by atoms with van der Waals surface area (Å²) >= 11 is 0. The van der Waals surface area contributed by atoms with Gasteiger partial charge < -0.3 is 15.4 Å². The molecule has 0 amide bonds. The maximum absolute atomic E-state index is 13.2. The zero-order valence-electron chi connectivity index (χ0n) is 9.61. The fourth-order valence-corrected chi connectivity index (χ4v) is 2.17. The van der Waals surface area contributed by atoms with Gasteiger partial charge >= 0.3 is 0 Å². The Kier molecular flexibility index (Phi) is 3.01. The van der Waals surface area contributed by atoms with Gasteiger partial charge in [0.2, 0.25) is 0 Å². The maximum atomic E-state index is 13.2. The lowest BCUT2D eigenvalue weighted by Gasteiger charge is -2.36. The van der Waals surface area contributed by atoms with Crippen LogP contribution in [0.4, 0.5) is 15.8 Å². The van der Waals surface area contributed by atoms with E-state index in [1.165, 1.54) is 12.1 Å². The third-order valence-corrected chi connectivity index (χ3v) is 2.69. The topological polar surface area (TPSA) is 38.5 Å². The first-order valence-corrected chi connectivity index (χ1v) is 5.51. The number of nitrogens with zero attached hydrogens (tertiary/aromatic N) is 1. The predicted molar refractivity (Wildman–Crippen MR) is 63.0 cm³/mol. The molecule has 4 heteroatoms. The van der Waals surface area contributed by atoms with Gasteiger partial charge in [-0.1, -0.05) is 0 Å². The number of nitrogens with two attached hydrogens (primary N) is 1. The lowest BCUT2D eigenvalue weighted by Crippen LogP contribution is -2.45. The van der Waals surface area contributed by atoms with E-state index in [-0.39, 0.29) is 18.0 Å². The van der Waals surface area contributed by atoms with Crippen molar-refractivity contribution in [3.8, 4) is 0 Å². The number of anilines is 2. The fraction of sp³-hybridized carbons (Fsp3) is 0.500. The van der Waals surface area contributed by atoms with Gasteiger partial charge in [-0.2, -0.15) is 0 Å². The van der Waals surface area contributed by atoms with Crippen molar-refractivity contribution in [2.75, 3.05) is 23.7 Å². The van der Waals surface area contributed by atoms with Gasteiger partial charge in [0.25, 0.3) is 0 Å². The molecule has 1 fully saturated rings. The minimum absolute atomic E-state index is 0.160. The molecule has 1 aliphatic rings. The predicted octanol–water partition coefficient (Wildman–Crippen LogP) is 2.02. The minimum atomic E-state index is -0.290. The Morgan fingerprint density at radius 1 is 1.25 bits per heavy atom. The van der Waals surface area contributed by atoms with Crippen LogP contribution < -0.4 is 10.6 Å². The summed E-state index contributed by atoms with van der Waals surface area (Å²) in [4.78, 5) is 2.11. The second-order valence-electron chi connectivity index (χ2n) is 4.41. The van der Waals surface area contributed by atoms with E-state index in [0.29, 0.717) is 5.69 Å². The zero-order chi connectivity index (χ0) is 11.7. The Hall–Kier alpha value is -1.29. The molecule has 0 aromatic heterocycles. The van der Waals surface area contributed by atoms with Crippen molar-refractivity contribution in [1.29, 1.82) is 0 Å². The summed E-state index contributed by atoms with van der Waals surface area (Å²) in [7, 11) is 0. The first-order valence-electron chi connectivity index (χ1n) is 5.51. The summed E-state index contributed by atoms with van der Waals surface area (Å²) in [6.07, 6.45) is 0.321. The second kappa shape index (κ2) is 4.29. The van der Waals surface area contributed by atoms with Gasteiger partial charge in [-0.05, 0) is 32.0 Å². The normalized spacial score (nSPS) is 25.8. The number of halogens is 1. The number of hydrogen-bond donors (Lipinski definition) is 1. The van der Waals surface area contributed by atoms with Gasteiger partial charge in [-0.3, -0.25) is 0 Å². The summed E-state index contributed by atoms with van der Waals surface area (Å²) in [6, 6.07) is 4.64. The highest BCUT2D eigenvalue weighted by molar-refractivity contribution is 5.56. The Balaban J connectivity index is 2.22. The Morgan fingerprint density at radius 3 is 2.44 bits per heavy atom. The molecule has 3 nitrogen and oxygen atoms in total. The molecule has 0 bridgehead atoms. The van der Waals surface area contributed by atoms with E-state index in [2.05, 4.69) is 4.90 Å². The zero-order valence-corrected chi connectivity index (χ0v) is 9.61. The highest BCUT2D eigenvalue weighted by atomic mass is 19.1. The molecule has 1 aromatic rings. The van der Waals surface area contributed by atoms with E-state index in [0.717, 1.165) is 18.8 Å². The monoisotopic (exact) mass is 224 g/mol. The molecule has 0 spiro atoms. The van der Waals surface area contributed by atoms with Crippen LogP contribution in [0.1, 0.15) is 13.8 Å². The van der Waals surface area contributed by atoms with E-state index in [9.17, 15) is 4.39 Å². The lowest BCUT2D eigenvalue weighted by molar-refractivity contribution is -0.00523. The fourth-order valence-electron chi connectivity index (χ4n) is 2.17. The quantitative estimate of drug-likeness (QED) is 0.742. The van der Waals surface area contributed by atoms with Crippen molar-refractivity contribution < 1.29 is 9.13 Å².